The number of hydrogen-bond acceptors (Lipinski definition) is 3. The molecule has 0 aromatic heterocycles. The number of carbonyl (C=O) groups is 1. The summed E-state index contributed by atoms with van der Waals surface area (Å²) in [7, 11) is 0. The number of nitrogens with zero attached hydrogens (tertiary/aromatic N) is 1. The molecule has 0 saturated carbocycles. The average Bonchev–Trinajstić information content (AvgIpc) is 2.35. The predicted octanol–water partition coefficient (Wildman–Crippen LogP) is 2.49. The number of ether oxygens (including phenoxy) is 1. The maximum atomic E-state index is 12.4. The molecule has 1 atom stereocenters. The fraction of sp³-hybridized carbons (Fsp3) is 0.929. The summed E-state index contributed by atoms with van der Waals surface area (Å²) >= 11 is 0. The molecule has 1 aliphatic heterocycles. The van der Waals surface area contributed by atoms with E-state index in [1.165, 1.54) is 0 Å². The minimum atomic E-state index is -0.279. The molecule has 17 heavy (non-hydrogen) atoms. The van der Waals surface area contributed by atoms with Crippen molar-refractivity contribution in [2.24, 2.45) is 5.92 Å². The van der Waals surface area contributed by atoms with E-state index < -0.39 is 0 Å². The van der Waals surface area contributed by atoms with Gasteiger partial charge >= 0.3 is 0 Å². The largest absolute Gasteiger partial charge is 0.379 e. The van der Waals surface area contributed by atoms with Crippen LogP contribution in [0.5, 0.6) is 0 Å². The van der Waals surface area contributed by atoms with Crippen LogP contribution in [0, 0.1) is 5.92 Å². The highest BCUT2D eigenvalue weighted by Crippen LogP contribution is 2.24. The molecule has 100 valence electrons. The van der Waals surface area contributed by atoms with E-state index in [2.05, 4.69) is 32.6 Å². The lowest BCUT2D eigenvalue weighted by atomic mass is 9.86. The molecule has 0 N–H and O–H groups in total. The Kier molecular flexibility index (Phi) is 5.60. The van der Waals surface area contributed by atoms with E-state index in [0.717, 1.165) is 39.1 Å². The molecule has 3 heteroatoms. The topological polar surface area (TPSA) is 29.5 Å². The van der Waals surface area contributed by atoms with Crippen LogP contribution in [0.3, 0.4) is 0 Å². The number of morpholine rings is 1. The van der Waals surface area contributed by atoms with Crippen molar-refractivity contribution in [1.82, 2.24) is 4.90 Å². The second kappa shape index (κ2) is 6.50. The van der Waals surface area contributed by atoms with Gasteiger partial charge in [0, 0.05) is 19.5 Å². The molecule has 1 heterocycles. The number of hydrogen-bond donors (Lipinski definition) is 0. The maximum Gasteiger partial charge on any atom is 0.152 e. The molecule has 1 saturated heterocycles. The molecule has 1 fully saturated rings. The lowest BCUT2D eigenvalue weighted by molar-refractivity contribution is -0.134. The third-order valence-electron chi connectivity index (χ3n) is 3.95. The van der Waals surface area contributed by atoms with E-state index in [9.17, 15) is 4.79 Å². The third-order valence-corrected chi connectivity index (χ3v) is 3.95. The third kappa shape index (κ3) is 3.78. The first-order valence-corrected chi connectivity index (χ1v) is 6.86. The van der Waals surface area contributed by atoms with Crippen LogP contribution < -0.4 is 0 Å². The van der Waals surface area contributed by atoms with Crippen LogP contribution in [0.2, 0.25) is 0 Å². The minimum Gasteiger partial charge on any atom is -0.379 e. The standard InChI is InChI=1S/C14H27NO2/c1-5-14(4,13(16)7-6-12(2)3)15-8-10-17-11-9-15/h12H,5-11H2,1-4H3. The van der Waals surface area contributed by atoms with Crippen LogP contribution in [-0.4, -0.2) is 42.5 Å². The first-order chi connectivity index (χ1) is 8.00. The van der Waals surface area contributed by atoms with Crippen LogP contribution in [0.15, 0.2) is 0 Å². The summed E-state index contributed by atoms with van der Waals surface area (Å²) in [5, 5.41) is 0. The van der Waals surface area contributed by atoms with Crippen molar-refractivity contribution in [3.8, 4) is 0 Å². The minimum absolute atomic E-state index is 0.279. The van der Waals surface area contributed by atoms with Gasteiger partial charge in [-0.3, -0.25) is 9.69 Å². The van der Waals surface area contributed by atoms with Gasteiger partial charge in [-0.05, 0) is 25.7 Å². The SMILES string of the molecule is CCC(C)(C(=O)CCC(C)C)N1CCOCC1. The molecule has 0 radical (unpaired) electrons. The quantitative estimate of drug-likeness (QED) is 0.715. The van der Waals surface area contributed by atoms with E-state index >= 15 is 0 Å². The monoisotopic (exact) mass is 241 g/mol. The normalized spacial score (nSPS) is 21.5. The van der Waals surface area contributed by atoms with Crippen molar-refractivity contribution < 1.29 is 9.53 Å². The number of ketones is 1. The van der Waals surface area contributed by atoms with Crippen LogP contribution in [0.25, 0.3) is 0 Å². The Labute approximate surface area is 106 Å². The van der Waals surface area contributed by atoms with Crippen LogP contribution >= 0.6 is 0 Å². The first kappa shape index (κ1) is 14.7. The summed E-state index contributed by atoms with van der Waals surface area (Å²) in [5.74, 6) is 1.00. The van der Waals surface area contributed by atoms with E-state index in [1.54, 1.807) is 0 Å². The molecule has 1 rings (SSSR count). The summed E-state index contributed by atoms with van der Waals surface area (Å²) in [5.41, 5.74) is -0.279. The summed E-state index contributed by atoms with van der Waals surface area (Å²) in [6.07, 6.45) is 2.60. The predicted molar refractivity (Wildman–Crippen MR) is 70.2 cm³/mol. The smallest absolute Gasteiger partial charge is 0.152 e. The van der Waals surface area contributed by atoms with Gasteiger partial charge in [-0.2, -0.15) is 0 Å². The summed E-state index contributed by atoms with van der Waals surface area (Å²) in [6.45, 7) is 11.8. The highest BCUT2D eigenvalue weighted by Gasteiger charge is 2.37. The number of Topliss-reactive ketones (excluding diaryl/α,β-unsaturated/α-hetero) is 1. The number of rotatable bonds is 6. The van der Waals surface area contributed by atoms with Gasteiger partial charge in [-0.25, -0.2) is 0 Å². The molecule has 0 aliphatic carbocycles. The molecule has 3 nitrogen and oxygen atoms in total. The Morgan fingerprint density at radius 3 is 2.41 bits per heavy atom. The Morgan fingerprint density at radius 1 is 1.35 bits per heavy atom. The van der Waals surface area contributed by atoms with Crippen LogP contribution in [-0.2, 0) is 9.53 Å². The van der Waals surface area contributed by atoms with Crippen molar-refractivity contribution in [2.75, 3.05) is 26.3 Å². The van der Waals surface area contributed by atoms with Crippen molar-refractivity contribution in [1.29, 1.82) is 0 Å². The van der Waals surface area contributed by atoms with E-state index in [4.69, 9.17) is 4.74 Å². The molecule has 0 spiro atoms. The van der Waals surface area contributed by atoms with Crippen molar-refractivity contribution in [3.63, 3.8) is 0 Å². The summed E-state index contributed by atoms with van der Waals surface area (Å²) in [4.78, 5) is 14.7. The zero-order valence-corrected chi connectivity index (χ0v) is 11.8. The van der Waals surface area contributed by atoms with Gasteiger partial charge in [-0.15, -0.1) is 0 Å². The molecule has 0 amide bonds. The first-order valence-electron chi connectivity index (χ1n) is 6.86. The molecule has 0 bridgehead atoms. The van der Waals surface area contributed by atoms with Crippen molar-refractivity contribution in [3.05, 3.63) is 0 Å². The Bertz CT molecular complexity index is 247. The number of carbonyl (C=O) groups excluding carboxylic acids is 1. The second-order valence-electron chi connectivity index (χ2n) is 5.58. The summed E-state index contributed by atoms with van der Waals surface area (Å²) < 4.78 is 5.36. The Balaban J connectivity index is 2.61. The van der Waals surface area contributed by atoms with Gasteiger partial charge in [0.05, 0.1) is 18.8 Å². The zero-order chi connectivity index (χ0) is 12.9. The summed E-state index contributed by atoms with van der Waals surface area (Å²) in [6, 6.07) is 0. The molecule has 1 aliphatic rings. The Hall–Kier alpha value is -0.410. The molecule has 0 aromatic carbocycles. The van der Waals surface area contributed by atoms with Gasteiger partial charge < -0.3 is 4.74 Å². The average molecular weight is 241 g/mol. The van der Waals surface area contributed by atoms with Gasteiger partial charge in [0.1, 0.15) is 0 Å². The van der Waals surface area contributed by atoms with Crippen LogP contribution in [0.4, 0.5) is 0 Å². The van der Waals surface area contributed by atoms with E-state index in [0.29, 0.717) is 18.1 Å². The van der Waals surface area contributed by atoms with Gasteiger partial charge in [0.2, 0.25) is 0 Å². The molecular weight excluding hydrogens is 214 g/mol. The van der Waals surface area contributed by atoms with Gasteiger partial charge in [0.25, 0.3) is 0 Å². The lowest BCUT2D eigenvalue weighted by Gasteiger charge is -2.41. The Morgan fingerprint density at radius 2 is 1.94 bits per heavy atom. The maximum absolute atomic E-state index is 12.4. The van der Waals surface area contributed by atoms with E-state index in [-0.39, 0.29) is 5.54 Å². The molecule has 0 aromatic rings. The van der Waals surface area contributed by atoms with Crippen molar-refractivity contribution >= 4 is 5.78 Å². The van der Waals surface area contributed by atoms with Gasteiger partial charge in [0.15, 0.2) is 5.78 Å². The fourth-order valence-corrected chi connectivity index (χ4v) is 2.34. The second-order valence-corrected chi connectivity index (χ2v) is 5.58. The molecular formula is C14H27NO2. The zero-order valence-electron chi connectivity index (χ0n) is 11.8. The van der Waals surface area contributed by atoms with E-state index in [1.807, 2.05) is 0 Å². The fourth-order valence-electron chi connectivity index (χ4n) is 2.34. The van der Waals surface area contributed by atoms with Crippen LogP contribution in [0.1, 0.15) is 47.0 Å². The lowest BCUT2D eigenvalue weighted by Crippen LogP contribution is -2.56. The molecule has 1 unspecified atom stereocenters. The van der Waals surface area contributed by atoms with Crippen molar-refractivity contribution in [2.45, 2.75) is 52.5 Å². The highest BCUT2D eigenvalue weighted by molar-refractivity contribution is 5.87. The van der Waals surface area contributed by atoms with Gasteiger partial charge in [-0.1, -0.05) is 20.8 Å². The highest BCUT2D eigenvalue weighted by atomic mass is 16.5.